The molecule has 0 aliphatic rings. The maximum absolute atomic E-state index is 12.7. The molecule has 0 radical (unpaired) electrons. The average molecular weight is 234 g/mol. The molecule has 1 heterocycles. The van der Waals surface area contributed by atoms with E-state index in [0.29, 0.717) is 12.0 Å². The lowest BCUT2D eigenvalue weighted by Crippen LogP contribution is -2.14. The molecular weight excluding hydrogens is 223 g/mol. The van der Waals surface area contributed by atoms with Crippen molar-refractivity contribution in [2.45, 2.75) is 13.3 Å². The molecule has 2 rings (SSSR count). The number of nitrogens with one attached hydrogen (secondary N) is 1. The maximum atomic E-state index is 12.7. The first-order valence-corrected chi connectivity index (χ1v) is 5.20. The Bertz CT molecular complexity index is 590. The Morgan fingerprint density at radius 1 is 1.35 bits per heavy atom. The second kappa shape index (κ2) is 4.37. The van der Waals surface area contributed by atoms with E-state index in [9.17, 15) is 14.3 Å². The highest BCUT2D eigenvalue weighted by Gasteiger charge is 2.09. The lowest BCUT2D eigenvalue weighted by atomic mass is 10.2. The van der Waals surface area contributed by atoms with Crippen LogP contribution in [0.2, 0.25) is 0 Å². The zero-order chi connectivity index (χ0) is 12.4. The minimum Gasteiger partial charge on any atom is -0.493 e. The number of nitrogens with zero attached hydrogens (tertiary/aromatic N) is 1. The zero-order valence-electron chi connectivity index (χ0n) is 9.20. The first-order chi connectivity index (χ1) is 8.11. The van der Waals surface area contributed by atoms with Gasteiger partial charge in [-0.15, -0.1) is 0 Å². The van der Waals surface area contributed by atoms with Crippen LogP contribution in [0.25, 0.3) is 11.4 Å². The van der Waals surface area contributed by atoms with E-state index in [2.05, 4.69) is 9.97 Å². The van der Waals surface area contributed by atoms with E-state index in [1.165, 1.54) is 24.3 Å². The topological polar surface area (TPSA) is 66.0 Å². The van der Waals surface area contributed by atoms with E-state index in [4.69, 9.17) is 0 Å². The molecule has 2 N–H and O–H groups in total. The highest BCUT2D eigenvalue weighted by Crippen LogP contribution is 2.18. The zero-order valence-corrected chi connectivity index (χ0v) is 9.20. The fourth-order valence-corrected chi connectivity index (χ4v) is 1.55. The molecule has 0 saturated heterocycles. The normalized spacial score (nSPS) is 10.5. The summed E-state index contributed by atoms with van der Waals surface area (Å²) in [5.41, 5.74) is 0.414. The number of rotatable bonds is 2. The summed E-state index contributed by atoms with van der Waals surface area (Å²) in [5, 5.41) is 9.58. The molecule has 88 valence electrons. The summed E-state index contributed by atoms with van der Waals surface area (Å²) in [4.78, 5) is 18.0. The van der Waals surface area contributed by atoms with Crippen molar-refractivity contribution in [3.63, 3.8) is 0 Å². The van der Waals surface area contributed by atoms with Crippen LogP contribution in [0.1, 0.15) is 12.5 Å². The Hall–Kier alpha value is -2.17. The molecule has 1 aromatic heterocycles. The summed E-state index contributed by atoms with van der Waals surface area (Å²) in [7, 11) is 0. The summed E-state index contributed by atoms with van der Waals surface area (Å²) in [6.45, 7) is 1.75. The molecule has 4 nitrogen and oxygen atoms in total. The predicted octanol–water partition coefficient (Wildman–Crippen LogP) is 1.84. The Labute approximate surface area is 96.8 Å². The van der Waals surface area contributed by atoms with Crippen molar-refractivity contribution in [2.24, 2.45) is 0 Å². The van der Waals surface area contributed by atoms with E-state index in [1.807, 2.05) is 0 Å². The lowest BCUT2D eigenvalue weighted by molar-refractivity contribution is 0.444. The molecule has 17 heavy (non-hydrogen) atoms. The minimum atomic E-state index is -0.376. The molecule has 0 saturated carbocycles. The van der Waals surface area contributed by atoms with Gasteiger partial charge in [-0.3, -0.25) is 4.79 Å². The summed E-state index contributed by atoms with van der Waals surface area (Å²) in [6, 6.07) is 5.50. The van der Waals surface area contributed by atoms with Crippen molar-refractivity contribution in [2.75, 3.05) is 0 Å². The van der Waals surface area contributed by atoms with Crippen LogP contribution in [0.5, 0.6) is 5.88 Å². The maximum Gasteiger partial charge on any atom is 0.258 e. The molecule has 1 aromatic carbocycles. The van der Waals surface area contributed by atoms with Gasteiger partial charge in [0.1, 0.15) is 11.6 Å². The fourth-order valence-electron chi connectivity index (χ4n) is 1.55. The highest BCUT2D eigenvalue weighted by molar-refractivity contribution is 5.55. The minimum absolute atomic E-state index is 0.227. The largest absolute Gasteiger partial charge is 0.493 e. The number of aromatic nitrogens is 2. The molecule has 0 aliphatic carbocycles. The summed E-state index contributed by atoms with van der Waals surface area (Å²) >= 11 is 0. The van der Waals surface area contributed by atoms with Gasteiger partial charge >= 0.3 is 0 Å². The standard InChI is InChI=1S/C12H11FN2O2/c1-2-9-11(16)14-10(15-12(9)17)7-3-5-8(13)6-4-7/h3-6H,2H2,1H3,(H2,14,15,16,17). The lowest BCUT2D eigenvalue weighted by Gasteiger charge is -2.04. The number of aromatic hydroxyl groups is 1. The van der Waals surface area contributed by atoms with Crippen LogP contribution >= 0.6 is 0 Å². The van der Waals surface area contributed by atoms with Gasteiger partial charge in [0.15, 0.2) is 0 Å². The third-order valence-electron chi connectivity index (χ3n) is 2.46. The van der Waals surface area contributed by atoms with Crippen molar-refractivity contribution >= 4 is 0 Å². The first-order valence-electron chi connectivity index (χ1n) is 5.20. The van der Waals surface area contributed by atoms with E-state index in [1.54, 1.807) is 6.92 Å². The van der Waals surface area contributed by atoms with Gasteiger partial charge in [-0.05, 0) is 30.7 Å². The number of benzene rings is 1. The van der Waals surface area contributed by atoms with E-state index < -0.39 is 0 Å². The summed E-state index contributed by atoms with van der Waals surface area (Å²) < 4.78 is 12.7. The van der Waals surface area contributed by atoms with Gasteiger partial charge in [0.05, 0.1) is 5.56 Å². The molecule has 0 atom stereocenters. The predicted molar refractivity (Wildman–Crippen MR) is 61.3 cm³/mol. The Balaban J connectivity index is 2.54. The van der Waals surface area contributed by atoms with Crippen molar-refractivity contribution < 1.29 is 9.50 Å². The molecule has 0 amide bonds. The van der Waals surface area contributed by atoms with Crippen LogP contribution in [0.15, 0.2) is 29.1 Å². The summed E-state index contributed by atoms with van der Waals surface area (Å²) in [5.74, 6) is -0.425. The van der Waals surface area contributed by atoms with E-state index in [-0.39, 0.29) is 28.6 Å². The number of halogens is 1. The van der Waals surface area contributed by atoms with E-state index in [0.717, 1.165) is 0 Å². The monoisotopic (exact) mass is 234 g/mol. The smallest absolute Gasteiger partial charge is 0.258 e. The van der Waals surface area contributed by atoms with Gasteiger partial charge in [-0.2, -0.15) is 4.98 Å². The Morgan fingerprint density at radius 2 is 2.00 bits per heavy atom. The second-order valence-corrected chi connectivity index (χ2v) is 3.58. The number of H-pyrrole nitrogens is 1. The molecule has 0 fully saturated rings. The second-order valence-electron chi connectivity index (χ2n) is 3.58. The third-order valence-corrected chi connectivity index (χ3v) is 2.46. The van der Waals surface area contributed by atoms with Gasteiger partial charge in [0.2, 0.25) is 5.88 Å². The van der Waals surface area contributed by atoms with Crippen LogP contribution in [0, 0.1) is 5.82 Å². The molecule has 2 aromatic rings. The SMILES string of the molecule is CCc1c(O)nc(-c2ccc(F)cc2)[nH]c1=O. The van der Waals surface area contributed by atoms with Crippen molar-refractivity contribution in [3.8, 4) is 17.3 Å². The van der Waals surface area contributed by atoms with Gasteiger partial charge < -0.3 is 10.1 Å². The Morgan fingerprint density at radius 3 is 2.53 bits per heavy atom. The summed E-state index contributed by atoms with van der Waals surface area (Å²) in [6.07, 6.45) is 0.401. The quantitative estimate of drug-likeness (QED) is 0.833. The van der Waals surface area contributed by atoms with Crippen molar-refractivity contribution in [1.82, 2.24) is 9.97 Å². The third kappa shape index (κ3) is 2.18. The van der Waals surface area contributed by atoms with Gasteiger partial charge in [-0.1, -0.05) is 6.92 Å². The molecule has 0 unspecified atom stereocenters. The van der Waals surface area contributed by atoms with Crippen molar-refractivity contribution in [1.29, 1.82) is 0 Å². The first kappa shape index (κ1) is 11.3. The molecule has 5 heteroatoms. The molecule has 0 aliphatic heterocycles. The van der Waals surface area contributed by atoms with Gasteiger partial charge in [0, 0.05) is 5.56 Å². The number of hydrogen-bond acceptors (Lipinski definition) is 3. The number of aromatic amines is 1. The van der Waals surface area contributed by atoms with Gasteiger partial charge in [0.25, 0.3) is 5.56 Å². The Kier molecular flexibility index (Phi) is 2.91. The van der Waals surface area contributed by atoms with Crippen LogP contribution in [0.4, 0.5) is 4.39 Å². The van der Waals surface area contributed by atoms with E-state index >= 15 is 0 Å². The average Bonchev–Trinajstić information content (AvgIpc) is 2.29. The highest BCUT2D eigenvalue weighted by atomic mass is 19.1. The number of hydrogen-bond donors (Lipinski definition) is 2. The fraction of sp³-hybridized carbons (Fsp3) is 0.167. The van der Waals surface area contributed by atoms with Gasteiger partial charge in [-0.25, -0.2) is 4.39 Å². The van der Waals surface area contributed by atoms with Crippen LogP contribution in [-0.2, 0) is 6.42 Å². The molecule has 0 bridgehead atoms. The van der Waals surface area contributed by atoms with Crippen molar-refractivity contribution in [3.05, 3.63) is 46.0 Å². The molecular formula is C12H11FN2O2. The van der Waals surface area contributed by atoms with Crippen LogP contribution < -0.4 is 5.56 Å². The van der Waals surface area contributed by atoms with Crippen LogP contribution in [-0.4, -0.2) is 15.1 Å². The molecule has 0 spiro atoms. The van der Waals surface area contributed by atoms with Crippen LogP contribution in [0.3, 0.4) is 0 Å².